The van der Waals surface area contributed by atoms with Gasteiger partial charge in [0.05, 0.1) is 18.3 Å². The maximum Gasteiger partial charge on any atom is 0.119 e. The van der Waals surface area contributed by atoms with Gasteiger partial charge in [-0.1, -0.05) is 19.1 Å². The number of hydrogen-bond acceptors (Lipinski definition) is 3. The molecule has 1 aliphatic rings. The van der Waals surface area contributed by atoms with E-state index >= 15 is 0 Å². The highest BCUT2D eigenvalue weighted by Gasteiger charge is 2.44. The molecule has 18 heavy (non-hydrogen) atoms. The topological polar surface area (TPSA) is 38.7 Å². The van der Waals surface area contributed by atoms with Gasteiger partial charge in [0.1, 0.15) is 5.75 Å². The van der Waals surface area contributed by atoms with E-state index < -0.39 is 5.60 Å². The van der Waals surface area contributed by atoms with Crippen molar-refractivity contribution in [2.24, 2.45) is 0 Å². The fourth-order valence-electron chi connectivity index (χ4n) is 2.36. The molecule has 0 amide bonds. The molecule has 0 saturated heterocycles. The molecule has 0 heterocycles. The normalized spacial score (nSPS) is 26.7. The molecule has 0 atom stereocenters. The molecule has 3 nitrogen and oxygen atoms in total. The third-order valence-corrected chi connectivity index (χ3v) is 3.40. The zero-order chi connectivity index (χ0) is 13.0. The number of hydrogen-bond donors (Lipinski definition) is 1. The molecular weight excluding hydrogens is 228 g/mol. The van der Waals surface area contributed by atoms with E-state index in [0.29, 0.717) is 19.4 Å². The summed E-state index contributed by atoms with van der Waals surface area (Å²) >= 11 is 0. The lowest BCUT2D eigenvalue weighted by Crippen LogP contribution is -2.45. The zero-order valence-corrected chi connectivity index (χ0v) is 11.2. The third-order valence-electron chi connectivity index (χ3n) is 3.40. The molecule has 1 aromatic rings. The molecule has 2 rings (SSSR count). The van der Waals surface area contributed by atoms with Crippen molar-refractivity contribution in [3.63, 3.8) is 0 Å². The van der Waals surface area contributed by atoms with Crippen LogP contribution in [0.15, 0.2) is 24.3 Å². The number of ether oxygens (including phenoxy) is 2. The van der Waals surface area contributed by atoms with Crippen LogP contribution in [-0.4, -0.2) is 24.4 Å². The van der Waals surface area contributed by atoms with Crippen LogP contribution < -0.4 is 4.74 Å². The quantitative estimate of drug-likeness (QED) is 0.843. The van der Waals surface area contributed by atoms with Crippen LogP contribution in [0.25, 0.3) is 0 Å². The van der Waals surface area contributed by atoms with Gasteiger partial charge in [-0.05, 0) is 31.0 Å². The Morgan fingerprint density at radius 2 is 1.89 bits per heavy atom. The molecule has 0 spiro atoms. The van der Waals surface area contributed by atoms with Crippen LogP contribution in [-0.2, 0) is 10.3 Å². The lowest BCUT2D eigenvalue weighted by Gasteiger charge is -2.43. The Labute approximate surface area is 109 Å². The van der Waals surface area contributed by atoms with Crippen molar-refractivity contribution in [1.82, 2.24) is 0 Å². The van der Waals surface area contributed by atoms with Crippen molar-refractivity contribution in [1.29, 1.82) is 0 Å². The number of benzene rings is 1. The Hall–Kier alpha value is -1.06. The molecular formula is C15H22O3. The minimum absolute atomic E-state index is 0.205. The van der Waals surface area contributed by atoms with Gasteiger partial charge in [-0.2, -0.15) is 0 Å². The Morgan fingerprint density at radius 3 is 2.44 bits per heavy atom. The maximum atomic E-state index is 10.4. The first-order valence-electron chi connectivity index (χ1n) is 6.75. The van der Waals surface area contributed by atoms with Crippen LogP contribution in [0.2, 0.25) is 0 Å². The molecule has 3 heteroatoms. The Bertz CT molecular complexity index is 366. The summed E-state index contributed by atoms with van der Waals surface area (Å²) in [5, 5.41) is 10.4. The molecule has 0 aromatic heterocycles. The zero-order valence-electron chi connectivity index (χ0n) is 11.2. The van der Waals surface area contributed by atoms with E-state index in [1.54, 1.807) is 0 Å². The second-order valence-corrected chi connectivity index (χ2v) is 4.89. The van der Waals surface area contributed by atoms with Crippen LogP contribution in [0.5, 0.6) is 5.75 Å². The Kier molecular flexibility index (Phi) is 4.25. The van der Waals surface area contributed by atoms with Gasteiger partial charge in [0.2, 0.25) is 0 Å². The van der Waals surface area contributed by atoms with Gasteiger partial charge in [-0.15, -0.1) is 0 Å². The summed E-state index contributed by atoms with van der Waals surface area (Å²) in [5.74, 6) is 0.866. The van der Waals surface area contributed by atoms with Crippen molar-refractivity contribution in [2.45, 2.75) is 44.8 Å². The molecule has 0 radical (unpaired) electrons. The van der Waals surface area contributed by atoms with Gasteiger partial charge < -0.3 is 14.6 Å². The van der Waals surface area contributed by atoms with Crippen LogP contribution in [0.1, 0.15) is 38.7 Å². The number of aliphatic hydroxyl groups is 1. The third kappa shape index (κ3) is 2.85. The molecule has 1 fully saturated rings. The largest absolute Gasteiger partial charge is 0.494 e. The van der Waals surface area contributed by atoms with Gasteiger partial charge in [0, 0.05) is 19.4 Å². The van der Waals surface area contributed by atoms with Gasteiger partial charge in [-0.25, -0.2) is 0 Å². The molecule has 0 unspecified atom stereocenters. The molecule has 0 bridgehead atoms. The standard InChI is InChI=1S/C15H22O3/c1-3-9-18-13-7-5-12(6-8-13)15(16)10-14(11-15)17-4-2/h5-8,14,16H,3-4,9-11H2,1-2H3. The summed E-state index contributed by atoms with van der Waals surface area (Å²) in [6.07, 6.45) is 2.59. The van der Waals surface area contributed by atoms with E-state index in [0.717, 1.165) is 24.3 Å². The first-order chi connectivity index (χ1) is 8.68. The summed E-state index contributed by atoms with van der Waals surface area (Å²) in [7, 11) is 0. The summed E-state index contributed by atoms with van der Waals surface area (Å²) < 4.78 is 11.0. The summed E-state index contributed by atoms with van der Waals surface area (Å²) in [6, 6.07) is 7.76. The molecule has 1 N–H and O–H groups in total. The van der Waals surface area contributed by atoms with E-state index in [9.17, 15) is 5.11 Å². The number of rotatable bonds is 6. The average molecular weight is 250 g/mol. The highest BCUT2D eigenvalue weighted by atomic mass is 16.5. The molecule has 0 aliphatic heterocycles. The highest BCUT2D eigenvalue weighted by molar-refractivity contribution is 5.32. The monoisotopic (exact) mass is 250 g/mol. The summed E-state index contributed by atoms with van der Waals surface area (Å²) in [5.41, 5.74) is 0.255. The van der Waals surface area contributed by atoms with E-state index in [4.69, 9.17) is 9.47 Å². The molecule has 1 aromatic carbocycles. The molecule has 1 aliphatic carbocycles. The first kappa shape index (κ1) is 13.4. The lowest BCUT2D eigenvalue weighted by atomic mass is 9.73. The van der Waals surface area contributed by atoms with Crippen molar-refractivity contribution >= 4 is 0 Å². The van der Waals surface area contributed by atoms with E-state index in [-0.39, 0.29) is 6.10 Å². The fraction of sp³-hybridized carbons (Fsp3) is 0.600. The van der Waals surface area contributed by atoms with Crippen molar-refractivity contribution in [3.05, 3.63) is 29.8 Å². The predicted octanol–water partition coefficient (Wildman–Crippen LogP) is 2.86. The van der Waals surface area contributed by atoms with Gasteiger partial charge in [-0.3, -0.25) is 0 Å². The SMILES string of the molecule is CCCOc1ccc(C2(O)CC(OCC)C2)cc1. The predicted molar refractivity (Wildman–Crippen MR) is 70.8 cm³/mol. The highest BCUT2D eigenvalue weighted by Crippen LogP contribution is 2.43. The smallest absolute Gasteiger partial charge is 0.119 e. The van der Waals surface area contributed by atoms with Gasteiger partial charge >= 0.3 is 0 Å². The van der Waals surface area contributed by atoms with E-state index in [2.05, 4.69) is 6.92 Å². The average Bonchev–Trinajstić information content (AvgIpc) is 2.35. The van der Waals surface area contributed by atoms with Crippen molar-refractivity contribution in [3.8, 4) is 5.75 Å². The Balaban J connectivity index is 1.94. The Morgan fingerprint density at radius 1 is 1.22 bits per heavy atom. The van der Waals surface area contributed by atoms with Crippen molar-refractivity contribution in [2.75, 3.05) is 13.2 Å². The van der Waals surface area contributed by atoms with E-state index in [1.165, 1.54) is 0 Å². The van der Waals surface area contributed by atoms with Gasteiger partial charge in [0.15, 0.2) is 0 Å². The van der Waals surface area contributed by atoms with Crippen LogP contribution in [0, 0.1) is 0 Å². The maximum absolute atomic E-state index is 10.4. The van der Waals surface area contributed by atoms with E-state index in [1.807, 2.05) is 31.2 Å². The minimum Gasteiger partial charge on any atom is -0.494 e. The lowest BCUT2D eigenvalue weighted by molar-refractivity contribution is -0.142. The van der Waals surface area contributed by atoms with Crippen LogP contribution in [0.4, 0.5) is 0 Å². The molecule has 1 saturated carbocycles. The second-order valence-electron chi connectivity index (χ2n) is 4.89. The summed E-state index contributed by atoms with van der Waals surface area (Å²) in [4.78, 5) is 0. The van der Waals surface area contributed by atoms with Crippen LogP contribution >= 0.6 is 0 Å². The minimum atomic E-state index is -0.705. The fourth-order valence-corrected chi connectivity index (χ4v) is 2.36. The molecule has 100 valence electrons. The summed E-state index contributed by atoms with van der Waals surface area (Å²) in [6.45, 7) is 5.51. The van der Waals surface area contributed by atoms with Crippen molar-refractivity contribution < 1.29 is 14.6 Å². The van der Waals surface area contributed by atoms with Crippen LogP contribution in [0.3, 0.4) is 0 Å². The van der Waals surface area contributed by atoms with Gasteiger partial charge in [0.25, 0.3) is 0 Å². The first-order valence-corrected chi connectivity index (χ1v) is 6.75. The second kappa shape index (κ2) is 5.72.